The molecule has 0 fully saturated rings. The molecule has 3 aromatic carbocycles. The van der Waals surface area contributed by atoms with E-state index in [2.05, 4.69) is 39.4 Å². The van der Waals surface area contributed by atoms with Crippen molar-refractivity contribution >= 4 is 33.4 Å². The predicted octanol–water partition coefficient (Wildman–Crippen LogP) is 4.86. The first-order chi connectivity index (χ1) is 18.6. The average Bonchev–Trinajstić information content (AvgIpc) is 3.38. The van der Waals surface area contributed by atoms with Gasteiger partial charge in [0, 0.05) is 61.5 Å². The molecule has 2 aromatic heterocycles. The Hall–Kier alpha value is -4.43. The van der Waals surface area contributed by atoms with Gasteiger partial charge in [0.2, 0.25) is 0 Å². The van der Waals surface area contributed by atoms with Crippen LogP contribution in [0.25, 0.3) is 27.6 Å². The normalized spacial score (nSPS) is 11.1. The monoisotopic (exact) mass is 509 g/mol. The Kier molecular flexibility index (Phi) is 7.80. The molecule has 0 spiro atoms. The SMILES string of the molecule is COCCOc1ccc2c(-n3ccc4cc(C(=O)NCCCN(C)c5ccccc5)ccc43)ncnc2c1. The van der Waals surface area contributed by atoms with E-state index in [0.29, 0.717) is 25.3 Å². The predicted molar refractivity (Wildman–Crippen MR) is 150 cm³/mol. The molecule has 0 atom stereocenters. The number of anilines is 1. The van der Waals surface area contributed by atoms with Gasteiger partial charge < -0.3 is 24.3 Å². The summed E-state index contributed by atoms with van der Waals surface area (Å²) in [5.74, 6) is 1.43. The molecule has 0 saturated carbocycles. The largest absolute Gasteiger partial charge is 0.491 e. The number of hydrogen-bond donors (Lipinski definition) is 1. The van der Waals surface area contributed by atoms with Crippen LogP contribution in [-0.2, 0) is 4.74 Å². The van der Waals surface area contributed by atoms with Gasteiger partial charge in [-0.05, 0) is 55.0 Å². The summed E-state index contributed by atoms with van der Waals surface area (Å²) in [4.78, 5) is 24.0. The maximum Gasteiger partial charge on any atom is 0.251 e. The summed E-state index contributed by atoms with van der Waals surface area (Å²) in [5.41, 5.74) is 3.56. The second-order valence-corrected chi connectivity index (χ2v) is 9.04. The van der Waals surface area contributed by atoms with E-state index >= 15 is 0 Å². The first-order valence-electron chi connectivity index (χ1n) is 12.7. The Morgan fingerprint density at radius 2 is 1.87 bits per heavy atom. The van der Waals surface area contributed by atoms with E-state index in [9.17, 15) is 4.79 Å². The number of fused-ring (bicyclic) bond motifs is 2. The van der Waals surface area contributed by atoms with Gasteiger partial charge in [0.1, 0.15) is 24.5 Å². The van der Waals surface area contributed by atoms with Crippen LogP contribution >= 0.6 is 0 Å². The molecule has 0 aliphatic carbocycles. The highest BCUT2D eigenvalue weighted by atomic mass is 16.5. The van der Waals surface area contributed by atoms with Crippen molar-refractivity contribution in [1.29, 1.82) is 0 Å². The number of ether oxygens (including phenoxy) is 2. The van der Waals surface area contributed by atoms with E-state index < -0.39 is 0 Å². The molecule has 2 heterocycles. The van der Waals surface area contributed by atoms with Crippen molar-refractivity contribution in [1.82, 2.24) is 19.9 Å². The quantitative estimate of drug-likeness (QED) is 0.256. The van der Waals surface area contributed by atoms with Crippen LogP contribution in [0.15, 0.2) is 85.3 Å². The number of nitrogens with one attached hydrogen (secondary N) is 1. The molecule has 0 saturated heterocycles. The van der Waals surface area contributed by atoms with E-state index in [4.69, 9.17) is 9.47 Å². The fourth-order valence-electron chi connectivity index (χ4n) is 4.45. The molecule has 194 valence electrons. The third-order valence-corrected chi connectivity index (χ3v) is 6.48. The van der Waals surface area contributed by atoms with Crippen LogP contribution in [0.4, 0.5) is 5.69 Å². The Labute approximate surface area is 221 Å². The van der Waals surface area contributed by atoms with Crippen molar-refractivity contribution in [3.63, 3.8) is 0 Å². The maximum atomic E-state index is 12.8. The second-order valence-electron chi connectivity index (χ2n) is 9.04. The number of amides is 1. The number of aromatic nitrogens is 3. The Balaban J connectivity index is 1.26. The molecule has 0 radical (unpaired) electrons. The summed E-state index contributed by atoms with van der Waals surface area (Å²) < 4.78 is 12.8. The summed E-state index contributed by atoms with van der Waals surface area (Å²) in [7, 11) is 3.71. The Morgan fingerprint density at radius 3 is 2.71 bits per heavy atom. The molecule has 0 aliphatic heterocycles. The third-order valence-electron chi connectivity index (χ3n) is 6.48. The summed E-state index contributed by atoms with van der Waals surface area (Å²) in [6.07, 6.45) is 4.38. The van der Waals surface area contributed by atoms with Crippen LogP contribution in [0, 0.1) is 0 Å². The molecule has 5 aromatic rings. The van der Waals surface area contributed by atoms with Crippen LogP contribution in [0.2, 0.25) is 0 Å². The lowest BCUT2D eigenvalue weighted by atomic mass is 10.1. The van der Waals surface area contributed by atoms with Crippen LogP contribution in [0.3, 0.4) is 0 Å². The van der Waals surface area contributed by atoms with Gasteiger partial charge in [0.15, 0.2) is 0 Å². The van der Waals surface area contributed by atoms with E-state index in [1.54, 1.807) is 13.4 Å². The van der Waals surface area contributed by atoms with E-state index in [1.165, 1.54) is 5.69 Å². The Bertz CT molecular complexity index is 1530. The standard InChI is InChI=1S/C30H31N5O3/c1-34(24-7-4-3-5-8-24)15-6-14-31-30(36)23-9-12-28-22(19-23)13-16-35(28)29-26-11-10-25(38-18-17-37-2)20-27(26)32-21-33-29/h3-5,7-13,16,19-21H,6,14-15,17-18H2,1-2H3,(H,31,36). The highest BCUT2D eigenvalue weighted by molar-refractivity contribution is 5.99. The maximum absolute atomic E-state index is 12.8. The fraction of sp³-hybridized carbons (Fsp3) is 0.233. The number of benzene rings is 3. The Morgan fingerprint density at radius 1 is 1.00 bits per heavy atom. The molecule has 1 amide bonds. The highest BCUT2D eigenvalue weighted by Gasteiger charge is 2.13. The van der Waals surface area contributed by atoms with Gasteiger partial charge in [0.25, 0.3) is 5.91 Å². The van der Waals surface area contributed by atoms with Crippen molar-refractivity contribution in [3.05, 3.63) is 90.9 Å². The zero-order valence-corrected chi connectivity index (χ0v) is 21.6. The number of carbonyl (C=O) groups is 1. The van der Waals surface area contributed by atoms with Crippen molar-refractivity contribution in [3.8, 4) is 11.6 Å². The minimum atomic E-state index is -0.0736. The van der Waals surface area contributed by atoms with Gasteiger partial charge in [-0.2, -0.15) is 0 Å². The van der Waals surface area contributed by atoms with Crippen LogP contribution < -0.4 is 15.0 Å². The average molecular weight is 510 g/mol. The topological polar surface area (TPSA) is 81.5 Å². The van der Waals surface area contributed by atoms with E-state index in [0.717, 1.165) is 46.3 Å². The molecule has 0 unspecified atom stereocenters. The lowest BCUT2D eigenvalue weighted by molar-refractivity contribution is 0.0953. The molecule has 0 aliphatic rings. The van der Waals surface area contributed by atoms with Gasteiger partial charge in [-0.15, -0.1) is 0 Å². The van der Waals surface area contributed by atoms with Gasteiger partial charge in [-0.1, -0.05) is 18.2 Å². The zero-order valence-electron chi connectivity index (χ0n) is 21.6. The molecule has 0 bridgehead atoms. The minimum Gasteiger partial charge on any atom is -0.491 e. The van der Waals surface area contributed by atoms with Crippen molar-refractivity contribution in [2.24, 2.45) is 0 Å². The van der Waals surface area contributed by atoms with Gasteiger partial charge in [-0.3, -0.25) is 4.79 Å². The summed E-state index contributed by atoms with van der Waals surface area (Å²) in [5, 5.41) is 4.92. The third kappa shape index (κ3) is 5.60. The molecular weight excluding hydrogens is 478 g/mol. The molecular formula is C30H31N5O3. The zero-order chi connectivity index (χ0) is 26.3. The number of carbonyl (C=O) groups excluding carboxylic acids is 1. The second kappa shape index (κ2) is 11.7. The first-order valence-corrected chi connectivity index (χ1v) is 12.7. The van der Waals surface area contributed by atoms with Crippen LogP contribution in [0.1, 0.15) is 16.8 Å². The minimum absolute atomic E-state index is 0.0736. The smallest absolute Gasteiger partial charge is 0.251 e. The van der Waals surface area contributed by atoms with E-state index in [-0.39, 0.29) is 5.91 Å². The number of methoxy groups -OCH3 is 1. The van der Waals surface area contributed by atoms with Crippen molar-refractivity contribution < 1.29 is 14.3 Å². The summed E-state index contributed by atoms with van der Waals surface area (Å²) >= 11 is 0. The fourth-order valence-corrected chi connectivity index (χ4v) is 4.45. The highest BCUT2D eigenvalue weighted by Crippen LogP contribution is 2.27. The number of rotatable bonds is 11. The van der Waals surface area contributed by atoms with Gasteiger partial charge in [0.05, 0.1) is 17.6 Å². The lowest BCUT2D eigenvalue weighted by Crippen LogP contribution is -2.28. The first kappa shape index (κ1) is 25.2. The molecule has 38 heavy (non-hydrogen) atoms. The molecule has 8 heteroatoms. The molecule has 8 nitrogen and oxygen atoms in total. The number of para-hydroxylation sites is 1. The van der Waals surface area contributed by atoms with Crippen LogP contribution in [-0.4, -0.2) is 60.9 Å². The number of hydrogen-bond acceptors (Lipinski definition) is 6. The van der Waals surface area contributed by atoms with Gasteiger partial charge in [-0.25, -0.2) is 9.97 Å². The molecule has 1 N–H and O–H groups in total. The summed E-state index contributed by atoms with van der Waals surface area (Å²) in [6, 6.07) is 23.8. The van der Waals surface area contributed by atoms with E-state index in [1.807, 2.05) is 71.4 Å². The van der Waals surface area contributed by atoms with Crippen molar-refractivity contribution in [2.45, 2.75) is 6.42 Å². The molecule has 5 rings (SSSR count). The number of nitrogens with zero attached hydrogens (tertiary/aromatic N) is 4. The lowest BCUT2D eigenvalue weighted by Gasteiger charge is -2.19. The summed E-state index contributed by atoms with van der Waals surface area (Å²) in [6.45, 7) is 2.47. The van der Waals surface area contributed by atoms with Crippen LogP contribution in [0.5, 0.6) is 5.75 Å². The van der Waals surface area contributed by atoms with Crippen molar-refractivity contribution in [2.75, 3.05) is 45.4 Å². The van der Waals surface area contributed by atoms with Gasteiger partial charge >= 0.3 is 0 Å².